The van der Waals surface area contributed by atoms with Crippen molar-refractivity contribution < 1.29 is 4.79 Å². The van der Waals surface area contributed by atoms with Crippen LogP contribution in [-0.2, 0) is 23.7 Å². The lowest BCUT2D eigenvalue weighted by atomic mass is 9.53. The Labute approximate surface area is 119 Å². The number of Topliss-reactive ketones (excluding diaryl/α,β-unsaturated/α-hetero) is 1. The van der Waals surface area contributed by atoms with Crippen LogP contribution in [0.5, 0.6) is 0 Å². The Kier molecular flexibility index (Phi) is 2.50. The van der Waals surface area contributed by atoms with Gasteiger partial charge in [-0.1, -0.05) is 26.8 Å². The van der Waals surface area contributed by atoms with Crippen molar-refractivity contribution in [1.29, 1.82) is 0 Å². The van der Waals surface area contributed by atoms with Crippen LogP contribution >= 0.6 is 0 Å². The lowest BCUT2D eigenvalue weighted by molar-refractivity contribution is -0.128. The summed E-state index contributed by atoms with van der Waals surface area (Å²) in [6.45, 7) is 13.4. The van der Waals surface area contributed by atoms with Crippen LogP contribution in [0.3, 0.4) is 0 Å². The number of rotatable bonds is 0. The molecule has 20 heavy (non-hydrogen) atoms. The number of ketones is 1. The average molecular weight is 269 g/mol. The molecular formula is C16H19N3O. The summed E-state index contributed by atoms with van der Waals surface area (Å²) in [6, 6.07) is 0. The predicted molar refractivity (Wildman–Crippen MR) is 75.8 cm³/mol. The van der Waals surface area contributed by atoms with Crippen molar-refractivity contribution in [2.24, 2.45) is 18.4 Å². The van der Waals surface area contributed by atoms with Crippen LogP contribution in [-0.4, -0.2) is 15.6 Å². The van der Waals surface area contributed by atoms with Gasteiger partial charge in [0.05, 0.1) is 12.3 Å². The van der Waals surface area contributed by atoms with Crippen LogP contribution in [0.25, 0.3) is 4.85 Å². The van der Waals surface area contributed by atoms with Gasteiger partial charge in [-0.3, -0.25) is 4.68 Å². The number of carbonyl (C=O) groups is 1. The van der Waals surface area contributed by atoms with Gasteiger partial charge in [-0.15, -0.1) is 0 Å². The van der Waals surface area contributed by atoms with E-state index in [1.165, 1.54) is 5.56 Å². The van der Waals surface area contributed by atoms with E-state index in [0.717, 1.165) is 18.5 Å². The van der Waals surface area contributed by atoms with Crippen LogP contribution in [0.2, 0.25) is 0 Å². The number of nitrogens with zero attached hydrogens (tertiary/aromatic N) is 3. The van der Waals surface area contributed by atoms with Gasteiger partial charge in [0.25, 0.3) is 0 Å². The van der Waals surface area contributed by atoms with Crippen molar-refractivity contribution in [3.05, 3.63) is 40.6 Å². The number of aryl methyl sites for hydroxylation is 2. The molecule has 0 aliphatic heterocycles. The molecule has 4 nitrogen and oxygen atoms in total. The first-order chi connectivity index (χ1) is 9.30. The first-order valence-corrected chi connectivity index (χ1v) is 6.99. The molecule has 4 heteroatoms. The van der Waals surface area contributed by atoms with Crippen LogP contribution in [0, 0.1) is 17.9 Å². The highest BCUT2D eigenvalue weighted by Crippen LogP contribution is 2.54. The maximum absolute atomic E-state index is 12.5. The Morgan fingerprint density at radius 1 is 1.45 bits per heavy atom. The number of fused-ring (bicyclic) bond motifs is 3. The minimum Gasteiger partial charge on any atom is -0.307 e. The Morgan fingerprint density at radius 2 is 2.15 bits per heavy atom. The van der Waals surface area contributed by atoms with E-state index in [1.54, 1.807) is 0 Å². The second kappa shape index (κ2) is 3.82. The summed E-state index contributed by atoms with van der Waals surface area (Å²) < 4.78 is 1.84. The van der Waals surface area contributed by atoms with E-state index in [1.807, 2.05) is 31.7 Å². The normalized spacial score (nSPS) is 31.1. The van der Waals surface area contributed by atoms with E-state index in [4.69, 9.17) is 6.57 Å². The number of hydrogen-bond acceptors (Lipinski definition) is 2. The van der Waals surface area contributed by atoms with E-state index in [2.05, 4.69) is 23.1 Å². The second-order valence-electron chi connectivity index (χ2n) is 6.74. The molecule has 1 aromatic heterocycles. The first kappa shape index (κ1) is 13.1. The standard InChI is InChI=1S/C16H19N3O/c1-15(2)12-7-6-10-9-19(5)18-13(10)16(12,3)8-11(17-4)14(15)20/h8-9,12H,6-7H2,1-3,5H3/t12-,16-/m0/s1. The molecular weight excluding hydrogens is 250 g/mol. The summed E-state index contributed by atoms with van der Waals surface area (Å²) in [4.78, 5) is 16.0. The van der Waals surface area contributed by atoms with Crippen molar-refractivity contribution in [3.63, 3.8) is 0 Å². The second-order valence-corrected chi connectivity index (χ2v) is 6.74. The Bertz CT molecular complexity index is 674. The van der Waals surface area contributed by atoms with E-state index >= 15 is 0 Å². The predicted octanol–water partition coefficient (Wildman–Crippen LogP) is 2.65. The lowest BCUT2D eigenvalue weighted by Crippen LogP contribution is -2.50. The molecule has 0 fully saturated rings. The molecule has 2 aliphatic rings. The van der Waals surface area contributed by atoms with Crippen molar-refractivity contribution in [2.75, 3.05) is 0 Å². The molecule has 2 aliphatic carbocycles. The zero-order valence-corrected chi connectivity index (χ0v) is 12.4. The number of carbonyl (C=O) groups excluding carboxylic acids is 1. The highest BCUT2D eigenvalue weighted by atomic mass is 16.1. The number of allylic oxidation sites excluding steroid dienone is 2. The molecule has 0 N–H and O–H groups in total. The quantitative estimate of drug-likeness (QED) is 0.679. The Hall–Kier alpha value is -1.89. The monoisotopic (exact) mass is 269 g/mol. The molecule has 0 aromatic carbocycles. The Morgan fingerprint density at radius 3 is 2.80 bits per heavy atom. The molecule has 0 spiro atoms. The molecule has 1 heterocycles. The summed E-state index contributed by atoms with van der Waals surface area (Å²) >= 11 is 0. The fraction of sp³-hybridized carbons (Fsp3) is 0.562. The highest BCUT2D eigenvalue weighted by Gasteiger charge is 2.54. The largest absolute Gasteiger partial charge is 0.307 e. The molecule has 104 valence electrons. The molecule has 0 unspecified atom stereocenters. The SMILES string of the molecule is [C-]#[N+]C1=C[C@]2(C)c3nn(C)cc3CC[C@H]2C(C)(C)C1=O. The summed E-state index contributed by atoms with van der Waals surface area (Å²) in [5, 5.41) is 4.62. The Balaban J connectivity index is 2.28. The third kappa shape index (κ3) is 1.46. The maximum atomic E-state index is 12.5. The summed E-state index contributed by atoms with van der Waals surface area (Å²) in [5.41, 5.74) is 1.74. The minimum absolute atomic E-state index is 0.0191. The van der Waals surface area contributed by atoms with Gasteiger partial charge < -0.3 is 4.79 Å². The molecule has 0 saturated heterocycles. The topological polar surface area (TPSA) is 39.2 Å². The lowest BCUT2D eigenvalue weighted by Gasteiger charge is -2.49. The summed E-state index contributed by atoms with van der Waals surface area (Å²) in [5.74, 6) is 0.185. The molecule has 0 saturated carbocycles. The molecule has 0 radical (unpaired) electrons. The highest BCUT2D eigenvalue weighted by molar-refractivity contribution is 6.02. The van der Waals surface area contributed by atoms with Gasteiger partial charge in [-0.25, -0.2) is 4.85 Å². The minimum atomic E-state index is -0.501. The van der Waals surface area contributed by atoms with Crippen molar-refractivity contribution >= 4 is 5.78 Å². The fourth-order valence-electron chi connectivity index (χ4n) is 4.14. The molecule has 0 bridgehead atoms. The van der Waals surface area contributed by atoms with Gasteiger partial charge in [0.2, 0.25) is 5.70 Å². The van der Waals surface area contributed by atoms with E-state index < -0.39 is 5.41 Å². The zero-order chi connectivity index (χ0) is 14.7. The number of aromatic nitrogens is 2. The van der Waals surface area contributed by atoms with Crippen LogP contribution in [0.15, 0.2) is 18.0 Å². The van der Waals surface area contributed by atoms with Gasteiger partial charge in [0.1, 0.15) is 0 Å². The molecule has 2 atom stereocenters. The fourth-order valence-corrected chi connectivity index (χ4v) is 4.14. The van der Waals surface area contributed by atoms with Crippen molar-refractivity contribution in [2.45, 2.75) is 39.0 Å². The van der Waals surface area contributed by atoms with Gasteiger partial charge in [-0.05, 0) is 24.3 Å². The third-order valence-electron chi connectivity index (χ3n) is 5.09. The van der Waals surface area contributed by atoms with Gasteiger partial charge >= 0.3 is 0 Å². The van der Waals surface area contributed by atoms with E-state index in [0.29, 0.717) is 0 Å². The summed E-state index contributed by atoms with van der Waals surface area (Å²) in [6.07, 6.45) is 5.85. The molecule has 3 rings (SSSR count). The van der Waals surface area contributed by atoms with Crippen LogP contribution in [0.1, 0.15) is 38.4 Å². The summed E-state index contributed by atoms with van der Waals surface area (Å²) in [7, 11) is 1.93. The number of hydrogen-bond donors (Lipinski definition) is 0. The third-order valence-corrected chi connectivity index (χ3v) is 5.09. The van der Waals surface area contributed by atoms with E-state index in [-0.39, 0.29) is 22.8 Å². The first-order valence-electron chi connectivity index (χ1n) is 6.99. The van der Waals surface area contributed by atoms with E-state index in [9.17, 15) is 4.79 Å². The molecule has 0 amide bonds. The van der Waals surface area contributed by atoms with Crippen molar-refractivity contribution in [3.8, 4) is 0 Å². The average Bonchev–Trinajstić information content (AvgIpc) is 2.76. The molecule has 1 aromatic rings. The zero-order valence-electron chi connectivity index (χ0n) is 12.4. The smallest absolute Gasteiger partial charge is 0.226 e. The van der Waals surface area contributed by atoms with Gasteiger partial charge in [0.15, 0.2) is 5.78 Å². The van der Waals surface area contributed by atoms with Crippen LogP contribution in [0.4, 0.5) is 0 Å². The van der Waals surface area contributed by atoms with Gasteiger partial charge in [0, 0.05) is 24.1 Å². The maximum Gasteiger partial charge on any atom is 0.226 e. The van der Waals surface area contributed by atoms with Gasteiger partial charge in [-0.2, -0.15) is 5.10 Å². The van der Waals surface area contributed by atoms with Crippen LogP contribution < -0.4 is 0 Å². The van der Waals surface area contributed by atoms with Crippen molar-refractivity contribution in [1.82, 2.24) is 9.78 Å².